The Morgan fingerprint density at radius 2 is 1.67 bits per heavy atom. The molecule has 3 aliphatic heterocycles. The van der Waals surface area contributed by atoms with E-state index in [1.807, 2.05) is 54.6 Å². The molecule has 2 atom stereocenters. The second-order valence-electron chi connectivity index (χ2n) is 6.06. The lowest BCUT2D eigenvalue weighted by molar-refractivity contribution is 0.0875. The van der Waals surface area contributed by atoms with Crippen LogP contribution in [0.5, 0.6) is 11.5 Å². The van der Waals surface area contributed by atoms with Crippen molar-refractivity contribution in [2.45, 2.75) is 18.7 Å². The molecule has 5 rings (SSSR count). The van der Waals surface area contributed by atoms with E-state index in [1.165, 1.54) is 0 Å². The van der Waals surface area contributed by atoms with Crippen molar-refractivity contribution in [3.63, 3.8) is 0 Å². The van der Waals surface area contributed by atoms with Crippen LogP contribution in [0, 0.1) is 0 Å². The molecule has 0 radical (unpaired) electrons. The van der Waals surface area contributed by atoms with Crippen LogP contribution >= 0.6 is 0 Å². The summed E-state index contributed by atoms with van der Waals surface area (Å²) in [6, 6.07) is 13.5. The zero-order valence-electron chi connectivity index (χ0n) is 12.8. The van der Waals surface area contributed by atoms with Gasteiger partial charge < -0.3 is 14.2 Å². The molecular weight excluding hydrogens is 306 g/mol. The number of nitrogens with zero attached hydrogens (tertiary/aromatic N) is 1. The van der Waals surface area contributed by atoms with E-state index in [4.69, 9.17) is 14.2 Å². The molecule has 0 saturated carbocycles. The summed E-state index contributed by atoms with van der Waals surface area (Å²) in [4.78, 5) is 14.4. The lowest BCUT2D eigenvalue weighted by atomic mass is 9.96. The van der Waals surface area contributed by atoms with Crippen molar-refractivity contribution in [1.82, 2.24) is 4.90 Å². The Morgan fingerprint density at radius 3 is 2.29 bits per heavy atom. The Balaban J connectivity index is 1.38. The molecule has 2 bridgehead atoms. The van der Waals surface area contributed by atoms with Crippen molar-refractivity contribution in [2.24, 2.45) is 0 Å². The van der Waals surface area contributed by atoms with Crippen molar-refractivity contribution in [3.05, 3.63) is 71.3 Å². The molecule has 0 aromatic heterocycles. The summed E-state index contributed by atoms with van der Waals surface area (Å²) in [5.41, 5.74) is 3.15. The van der Waals surface area contributed by atoms with E-state index in [2.05, 4.69) is 0 Å². The number of rotatable bonds is 2. The van der Waals surface area contributed by atoms with Gasteiger partial charge in [-0.15, -0.1) is 0 Å². The van der Waals surface area contributed by atoms with E-state index >= 15 is 0 Å². The van der Waals surface area contributed by atoms with Crippen LogP contribution in [0.2, 0.25) is 0 Å². The van der Waals surface area contributed by atoms with E-state index in [0.717, 1.165) is 28.2 Å². The topological polar surface area (TPSA) is 48.0 Å². The summed E-state index contributed by atoms with van der Waals surface area (Å²) < 4.78 is 16.4. The maximum Gasteiger partial charge on any atom is 0.411 e. The first-order valence-corrected chi connectivity index (χ1v) is 7.92. The number of fused-ring (bicyclic) bond motifs is 6. The minimum atomic E-state index is -0.308. The van der Waals surface area contributed by atoms with Gasteiger partial charge in [-0.25, -0.2) is 4.79 Å². The van der Waals surface area contributed by atoms with Gasteiger partial charge in [-0.1, -0.05) is 42.5 Å². The van der Waals surface area contributed by atoms with Crippen molar-refractivity contribution >= 4 is 6.09 Å². The number of carbonyl (C=O) groups excluding carboxylic acids is 1. The molecule has 0 saturated heterocycles. The van der Waals surface area contributed by atoms with Gasteiger partial charge in [-0.05, 0) is 28.8 Å². The summed E-state index contributed by atoms with van der Waals surface area (Å²) in [7, 11) is 0. The predicted molar refractivity (Wildman–Crippen MR) is 85.7 cm³/mol. The van der Waals surface area contributed by atoms with Crippen LogP contribution in [-0.2, 0) is 11.3 Å². The monoisotopic (exact) mass is 321 g/mol. The van der Waals surface area contributed by atoms with E-state index in [9.17, 15) is 4.79 Å². The zero-order valence-corrected chi connectivity index (χ0v) is 12.8. The lowest BCUT2D eigenvalue weighted by Gasteiger charge is -2.22. The summed E-state index contributed by atoms with van der Waals surface area (Å²) in [5.74, 6) is 1.49. The molecule has 2 aromatic rings. The first-order chi connectivity index (χ1) is 11.8. The molecule has 3 heterocycles. The van der Waals surface area contributed by atoms with Crippen LogP contribution in [-0.4, -0.2) is 17.8 Å². The molecule has 1 amide bonds. The van der Waals surface area contributed by atoms with Crippen molar-refractivity contribution < 1.29 is 19.0 Å². The van der Waals surface area contributed by atoms with Gasteiger partial charge >= 0.3 is 6.09 Å². The second-order valence-corrected chi connectivity index (χ2v) is 6.06. The number of ether oxygens (including phenoxy) is 3. The first kappa shape index (κ1) is 13.5. The fourth-order valence-electron chi connectivity index (χ4n) is 3.58. The predicted octanol–water partition coefficient (Wildman–Crippen LogP) is 3.72. The number of benzene rings is 2. The minimum Gasteiger partial charge on any atom is -0.454 e. The first-order valence-electron chi connectivity index (χ1n) is 7.92. The maximum absolute atomic E-state index is 12.6. The summed E-state index contributed by atoms with van der Waals surface area (Å²) in [6.45, 7) is 0.526. The van der Waals surface area contributed by atoms with Gasteiger partial charge in [0.2, 0.25) is 6.79 Å². The van der Waals surface area contributed by atoms with Crippen LogP contribution in [0.1, 0.15) is 28.8 Å². The third-order valence-electron chi connectivity index (χ3n) is 4.71. The van der Waals surface area contributed by atoms with E-state index < -0.39 is 0 Å². The zero-order chi connectivity index (χ0) is 16.1. The SMILES string of the molecule is O=C(OCc1ccccc1)N1C2C=CC1c1cc3c(cc12)OCO3. The Morgan fingerprint density at radius 1 is 1.04 bits per heavy atom. The minimum absolute atomic E-state index is 0.0947. The van der Waals surface area contributed by atoms with Gasteiger partial charge in [0.25, 0.3) is 0 Å². The Labute approximate surface area is 139 Å². The number of hydrogen-bond donors (Lipinski definition) is 0. The molecule has 0 aliphatic carbocycles. The number of amides is 1. The quantitative estimate of drug-likeness (QED) is 0.791. The van der Waals surface area contributed by atoms with Gasteiger partial charge in [-0.2, -0.15) is 0 Å². The smallest absolute Gasteiger partial charge is 0.411 e. The van der Waals surface area contributed by atoms with Crippen molar-refractivity contribution in [3.8, 4) is 11.5 Å². The fraction of sp³-hybridized carbons (Fsp3) is 0.211. The van der Waals surface area contributed by atoms with E-state index in [-0.39, 0.29) is 31.6 Å². The summed E-state index contributed by atoms with van der Waals surface area (Å²) >= 11 is 0. The van der Waals surface area contributed by atoms with Gasteiger partial charge in [0, 0.05) is 0 Å². The highest BCUT2D eigenvalue weighted by molar-refractivity contribution is 5.74. The van der Waals surface area contributed by atoms with Crippen LogP contribution < -0.4 is 9.47 Å². The largest absolute Gasteiger partial charge is 0.454 e. The molecular formula is C19H15NO4. The third kappa shape index (κ3) is 1.91. The molecule has 120 valence electrons. The molecule has 2 aromatic carbocycles. The Hall–Kier alpha value is -2.95. The lowest BCUT2D eigenvalue weighted by Crippen LogP contribution is -2.29. The molecule has 2 unspecified atom stereocenters. The van der Waals surface area contributed by atoms with Crippen LogP contribution in [0.25, 0.3) is 0 Å². The molecule has 24 heavy (non-hydrogen) atoms. The van der Waals surface area contributed by atoms with Gasteiger partial charge in [0.15, 0.2) is 11.5 Å². The Bertz CT molecular complexity index is 805. The second kappa shape index (κ2) is 5.03. The summed E-state index contributed by atoms with van der Waals surface area (Å²) in [6.07, 6.45) is 3.77. The molecule has 0 N–H and O–H groups in total. The third-order valence-corrected chi connectivity index (χ3v) is 4.71. The van der Waals surface area contributed by atoms with Crippen molar-refractivity contribution in [2.75, 3.05) is 6.79 Å². The summed E-state index contributed by atoms with van der Waals surface area (Å²) in [5, 5.41) is 0. The van der Waals surface area contributed by atoms with Crippen molar-refractivity contribution in [1.29, 1.82) is 0 Å². The van der Waals surface area contributed by atoms with Gasteiger partial charge in [0.1, 0.15) is 6.61 Å². The average molecular weight is 321 g/mol. The maximum atomic E-state index is 12.6. The number of hydrogen-bond acceptors (Lipinski definition) is 4. The molecule has 5 nitrogen and oxygen atoms in total. The molecule has 5 heteroatoms. The highest BCUT2D eigenvalue weighted by Crippen LogP contribution is 2.52. The molecule has 0 fully saturated rings. The number of carbonyl (C=O) groups is 1. The van der Waals surface area contributed by atoms with Crippen LogP contribution in [0.15, 0.2) is 54.6 Å². The van der Waals surface area contributed by atoms with Gasteiger partial charge in [0.05, 0.1) is 12.1 Å². The normalized spacial score (nSPS) is 21.9. The van der Waals surface area contributed by atoms with E-state index in [1.54, 1.807) is 4.90 Å². The molecule has 0 spiro atoms. The highest BCUT2D eigenvalue weighted by Gasteiger charge is 2.45. The van der Waals surface area contributed by atoms with E-state index in [0.29, 0.717) is 0 Å². The molecule has 3 aliphatic rings. The average Bonchev–Trinajstić information content (AvgIpc) is 3.31. The Kier molecular flexibility index (Phi) is 2.82. The van der Waals surface area contributed by atoms with Gasteiger partial charge in [-0.3, -0.25) is 4.90 Å². The fourth-order valence-corrected chi connectivity index (χ4v) is 3.58. The standard InChI is InChI=1S/C19H15NO4/c21-19(22-10-12-4-2-1-3-5-12)20-15-6-7-16(20)14-9-18-17(8-13(14)15)23-11-24-18/h1-9,15-16H,10-11H2. The van der Waals surface area contributed by atoms with Crippen LogP contribution in [0.3, 0.4) is 0 Å². The van der Waals surface area contributed by atoms with Crippen LogP contribution in [0.4, 0.5) is 4.79 Å². The highest BCUT2D eigenvalue weighted by atomic mass is 16.7.